The fraction of sp³-hybridized carbons (Fsp3) is 0.600. The van der Waals surface area contributed by atoms with Crippen LogP contribution in [0.15, 0.2) is 36.9 Å². The molecule has 2 nitrogen and oxygen atoms in total. The maximum Gasteiger partial charge on any atom is 0.124 e. The fourth-order valence-corrected chi connectivity index (χ4v) is 4.90. The molecule has 2 aliphatic rings. The van der Waals surface area contributed by atoms with Gasteiger partial charge in [0.05, 0.1) is 0 Å². The molecular formula is C20H29NO. The van der Waals surface area contributed by atoms with E-state index in [2.05, 4.69) is 56.5 Å². The Morgan fingerprint density at radius 1 is 1.27 bits per heavy atom. The highest BCUT2D eigenvalue weighted by Gasteiger charge is 2.49. The second kappa shape index (κ2) is 5.73. The summed E-state index contributed by atoms with van der Waals surface area (Å²) in [6.07, 6.45) is 5.83. The van der Waals surface area contributed by atoms with Crippen LogP contribution in [0, 0.1) is 10.8 Å². The molecule has 1 aromatic rings. The summed E-state index contributed by atoms with van der Waals surface area (Å²) in [7, 11) is 0. The minimum absolute atomic E-state index is 0.477. The van der Waals surface area contributed by atoms with Gasteiger partial charge < -0.3 is 4.74 Å². The molecule has 120 valence electrons. The third-order valence-electron chi connectivity index (χ3n) is 5.23. The number of ether oxygens (including phenoxy) is 1. The van der Waals surface area contributed by atoms with E-state index in [0.717, 1.165) is 18.3 Å². The van der Waals surface area contributed by atoms with Gasteiger partial charge in [0.1, 0.15) is 12.4 Å². The van der Waals surface area contributed by atoms with Crippen LogP contribution in [0.25, 0.3) is 0 Å². The topological polar surface area (TPSA) is 12.5 Å². The van der Waals surface area contributed by atoms with Gasteiger partial charge in [-0.2, -0.15) is 0 Å². The van der Waals surface area contributed by atoms with Crippen molar-refractivity contribution in [3.8, 4) is 5.75 Å². The molecule has 1 heterocycles. The number of hydrogen-bond donors (Lipinski definition) is 0. The van der Waals surface area contributed by atoms with Crippen molar-refractivity contribution in [2.75, 3.05) is 13.2 Å². The van der Waals surface area contributed by atoms with Crippen molar-refractivity contribution in [3.63, 3.8) is 0 Å². The molecule has 2 bridgehead atoms. The van der Waals surface area contributed by atoms with Gasteiger partial charge in [0.2, 0.25) is 0 Å². The van der Waals surface area contributed by atoms with E-state index in [1.807, 2.05) is 6.08 Å². The first kappa shape index (κ1) is 15.6. The van der Waals surface area contributed by atoms with Crippen molar-refractivity contribution in [3.05, 3.63) is 42.5 Å². The second-order valence-electron chi connectivity index (χ2n) is 8.33. The third kappa shape index (κ3) is 3.22. The van der Waals surface area contributed by atoms with E-state index in [9.17, 15) is 0 Å². The average molecular weight is 299 g/mol. The van der Waals surface area contributed by atoms with E-state index < -0.39 is 0 Å². The first-order chi connectivity index (χ1) is 10.4. The van der Waals surface area contributed by atoms with Crippen molar-refractivity contribution >= 4 is 0 Å². The van der Waals surface area contributed by atoms with Crippen LogP contribution in [0.3, 0.4) is 0 Å². The SMILES string of the molecule is C=CCOc1ccccc1CN1C[C@@]2(C)C[C@H]1CC(C)(C)C2. The lowest BCUT2D eigenvalue weighted by molar-refractivity contribution is 0.126. The summed E-state index contributed by atoms with van der Waals surface area (Å²) in [4.78, 5) is 2.69. The lowest BCUT2D eigenvalue weighted by atomic mass is 9.65. The zero-order chi connectivity index (χ0) is 15.8. The maximum atomic E-state index is 5.83. The Morgan fingerprint density at radius 3 is 2.82 bits per heavy atom. The summed E-state index contributed by atoms with van der Waals surface area (Å²) in [5.41, 5.74) is 2.27. The van der Waals surface area contributed by atoms with Gasteiger partial charge in [0, 0.05) is 24.7 Å². The van der Waals surface area contributed by atoms with Gasteiger partial charge in [-0.15, -0.1) is 0 Å². The summed E-state index contributed by atoms with van der Waals surface area (Å²) < 4.78 is 5.83. The molecule has 2 heteroatoms. The first-order valence-electron chi connectivity index (χ1n) is 8.47. The first-order valence-corrected chi connectivity index (χ1v) is 8.47. The van der Waals surface area contributed by atoms with Gasteiger partial charge in [-0.25, -0.2) is 0 Å². The number of fused-ring (bicyclic) bond motifs is 2. The highest BCUT2D eigenvalue weighted by Crippen LogP contribution is 2.52. The minimum atomic E-state index is 0.477. The molecule has 1 aromatic carbocycles. The van der Waals surface area contributed by atoms with Crippen LogP contribution in [-0.2, 0) is 6.54 Å². The fourth-order valence-electron chi connectivity index (χ4n) is 4.90. The van der Waals surface area contributed by atoms with Gasteiger partial charge in [0.15, 0.2) is 0 Å². The molecule has 3 rings (SSSR count). The van der Waals surface area contributed by atoms with Crippen molar-refractivity contribution in [1.29, 1.82) is 0 Å². The van der Waals surface area contributed by atoms with Gasteiger partial charge >= 0.3 is 0 Å². The highest BCUT2D eigenvalue weighted by atomic mass is 16.5. The molecule has 0 spiro atoms. The molecule has 1 aliphatic heterocycles. The minimum Gasteiger partial charge on any atom is -0.489 e. The van der Waals surface area contributed by atoms with E-state index in [-0.39, 0.29) is 0 Å². The largest absolute Gasteiger partial charge is 0.489 e. The predicted molar refractivity (Wildman–Crippen MR) is 92.1 cm³/mol. The number of rotatable bonds is 5. The number of likely N-dealkylation sites (tertiary alicyclic amines) is 1. The van der Waals surface area contributed by atoms with E-state index in [1.165, 1.54) is 31.4 Å². The van der Waals surface area contributed by atoms with Gasteiger partial charge in [-0.05, 0) is 36.2 Å². The lowest BCUT2D eigenvalue weighted by Gasteiger charge is -2.40. The molecule has 1 aliphatic carbocycles. The van der Waals surface area contributed by atoms with Crippen LogP contribution in [0.1, 0.15) is 45.6 Å². The lowest BCUT2D eigenvalue weighted by Crippen LogP contribution is -2.34. The summed E-state index contributed by atoms with van der Waals surface area (Å²) in [6, 6.07) is 9.17. The third-order valence-corrected chi connectivity index (χ3v) is 5.23. The molecule has 0 N–H and O–H groups in total. The monoisotopic (exact) mass is 299 g/mol. The molecule has 0 aromatic heterocycles. The molecule has 0 amide bonds. The molecule has 22 heavy (non-hydrogen) atoms. The number of nitrogens with zero attached hydrogens (tertiary/aromatic N) is 1. The van der Waals surface area contributed by atoms with Crippen molar-refractivity contribution in [2.45, 2.75) is 52.6 Å². The van der Waals surface area contributed by atoms with Crippen molar-refractivity contribution in [2.24, 2.45) is 10.8 Å². The van der Waals surface area contributed by atoms with E-state index in [0.29, 0.717) is 17.4 Å². The smallest absolute Gasteiger partial charge is 0.124 e. The molecule has 2 atom stereocenters. The van der Waals surface area contributed by atoms with Crippen molar-refractivity contribution < 1.29 is 4.74 Å². The van der Waals surface area contributed by atoms with Crippen LogP contribution >= 0.6 is 0 Å². The number of hydrogen-bond acceptors (Lipinski definition) is 2. The summed E-state index contributed by atoms with van der Waals surface area (Å²) in [6.45, 7) is 13.9. The van der Waals surface area contributed by atoms with Crippen LogP contribution in [0.4, 0.5) is 0 Å². The standard InChI is InChI=1S/C20H29NO/c1-5-10-22-18-9-7-6-8-16(18)13-21-15-20(4)12-17(21)11-19(2,3)14-20/h5-9,17H,1,10-15H2,2-4H3/t17-,20+/m1/s1. The Balaban J connectivity index is 1.76. The van der Waals surface area contributed by atoms with Gasteiger partial charge in [-0.1, -0.05) is 51.6 Å². The second-order valence-corrected chi connectivity index (χ2v) is 8.33. The Hall–Kier alpha value is -1.28. The highest BCUT2D eigenvalue weighted by molar-refractivity contribution is 5.33. The van der Waals surface area contributed by atoms with Crippen molar-refractivity contribution in [1.82, 2.24) is 4.90 Å². The Bertz CT molecular complexity index is 550. The van der Waals surface area contributed by atoms with E-state index >= 15 is 0 Å². The van der Waals surface area contributed by atoms with E-state index in [1.54, 1.807) is 0 Å². The Morgan fingerprint density at radius 2 is 2.05 bits per heavy atom. The molecule has 2 fully saturated rings. The zero-order valence-electron chi connectivity index (χ0n) is 14.3. The molecule has 0 unspecified atom stereocenters. The number of benzene rings is 1. The normalized spacial score (nSPS) is 30.2. The summed E-state index contributed by atoms with van der Waals surface area (Å²) >= 11 is 0. The van der Waals surface area contributed by atoms with E-state index in [4.69, 9.17) is 4.74 Å². The summed E-state index contributed by atoms with van der Waals surface area (Å²) in [5, 5.41) is 0. The van der Waals surface area contributed by atoms with Gasteiger partial charge in [0.25, 0.3) is 0 Å². The summed E-state index contributed by atoms with van der Waals surface area (Å²) in [5.74, 6) is 1.01. The maximum absolute atomic E-state index is 5.83. The Labute approximate surface area is 135 Å². The van der Waals surface area contributed by atoms with Crippen LogP contribution in [-0.4, -0.2) is 24.1 Å². The predicted octanol–water partition coefficient (Wildman–Crippen LogP) is 4.65. The molecule has 1 saturated heterocycles. The van der Waals surface area contributed by atoms with Crippen LogP contribution < -0.4 is 4.74 Å². The molecule has 0 radical (unpaired) electrons. The molecule has 1 saturated carbocycles. The Kier molecular flexibility index (Phi) is 4.07. The zero-order valence-corrected chi connectivity index (χ0v) is 14.3. The van der Waals surface area contributed by atoms with Crippen LogP contribution in [0.5, 0.6) is 5.75 Å². The quantitative estimate of drug-likeness (QED) is 0.734. The number of para-hydroxylation sites is 1. The van der Waals surface area contributed by atoms with Crippen LogP contribution in [0.2, 0.25) is 0 Å². The molecular weight excluding hydrogens is 270 g/mol. The van der Waals surface area contributed by atoms with Gasteiger partial charge in [-0.3, -0.25) is 4.90 Å². The average Bonchev–Trinajstić information content (AvgIpc) is 2.66.